The first-order valence-electron chi connectivity index (χ1n) is 10.6. The highest BCUT2D eigenvalue weighted by atomic mass is 32.2. The van der Waals surface area contributed by atoms with Gasteiger partial charge in [-0.1, -0.05) is 0 Å². The second-order valence-corrected chi connectivity index (χ2v) is 10.7. The molecule has 30 heavy (non-hydrogen) atoms. The van der Waals surface area contributed by atoms with Crippen LogP contribution in [0.4, 0.5) is 17.1 Å². The van der Waals surface area contributed by atoms with Gasteiger partial charge >= 0.3 is 0 Å². The third-order valence-electron chi connectivity index (χ3n) is 5.71. The predicted molar refractivity (Wildman–Crippen MR) is 129 cm³/mol. The first-order valence-corrected chi connectivity index (χ1v) is 12.5. The molecule has 1 aliphatic carbocycles. The third-order valence-corrected chi connectivity index (χ3v) is 7.49. The van der Waals surface area contributed by atoms with Gasteiger partial charge in [-0.3, -0.25) is 0 Å². The minimum absolute atomic E-state index is 0.650. The summed E-state index contributed by atoms with van der Waals surface area (Å²) in [6.07, 6.45) is 6.07. The Labute approximate surface area is 182 Å². The van der Waals surface area contributed by atoms with Crippen molar-refractivity contribution in [1.29, 1.82) is 0 Å². The van der Waals surface area contributed by atoms with Crippen molar-refractivity contribution >= 4 is 33.1 Å². The molecular weight excluding hydrogens is 392 g/mol. The molecule has 0 radical (unpaired) electrons. The molecule has 0 heterocycles. The van der Waals surface area contributed by atoms with Gasteiger partial charge in [-0.15, -0.1) is 0 Å². The average molecular weight is 427 g/mol. The van der Waals surface area contributed by atoms with Gasteiger partial charge in [0.1, 0.15) is 0 Å². The highest BCUT2D eigenvalue weighted by molar-refractivity contribution is 7.93. The first-order chi connectivity index (χ1) is 14.2. The molecule has 0 amide bonds. The lowest BCUT2D eigenvalue weighted by atomic mass is 10.1. The molecule has 2 aromatic carbocycles. The number of hydrogen-bond acceptors (Lipinski definition) is 4. The van der Waals surface area contributed by atoms with Gasteiger partial charge in [-0.05, 0) is 87.1 Å². The molecule has 0 bridgehead atoms. The van der Waals surface area contributed by atoms with Crippen LogP contribution in [0.5, 0.6) is 0 Å². The van der Waals surface area contributed by atoms with Crippen LogP contribution in [0.25, 0.3) is 0 Å². The Bertz CT molecular complexity index is 1030. The molecule has 0 saturated heterocycles. The fraction of sp³-hybridized carbons (Fsp3) is 0.458. The molecule has 162 valence electrons. The summed E-state index contributed by atoms with van der Waals surface area (Å²) in [6.45, 7) is 7.95. The van der Waals surface area contributed by atoms with Crippen LogP contribution in [0, 0.1) is 19.8 Å². The fourth-order valence-corrected chi connectivity index (χ4v) is 4.50. The van der Waals surface area contributed by atoms with Gasteiger partial charge in [0.15, 0.2) is 0 Å². The summed E-state index contributed by atoms with van der Waals surface area (Å²) in [5, 5.41) is 0. The quantitative estimate of drug-likeness (QED) is 0.411. The van der Waals surface area contributed by atoms with Crippen LogP contribution in [0.1, 0.15) is 30.9 Å². The van der Waals surface area contributed by atoms with E-state index in [-0.39, 0.29) is 0 Å². The predicted octanol–water partition coefficient (Wildman–Crippen LogP) is 5.55. The first kappa shape index (κ1) is 22.3. The number of anilines is 2. The molecule has 1 aliphatic rings. The summed E-state index contributed by atoms with van der Waals surface area (Å²) in [7, 11) is 1.76. The smallest absolute Gasteiger partial charge is 0.0909 e. The molecule has 1 saturated carbocycles. The third kappa shape index (κ3) is 5.42. The van der Waals surface area contributed by atoms with E-state index in [1.54, 1.807) is 6.26 Å². The Balaban J connectivity index is 1.81. The largest absolute Gasteiger partial charge is 0.366 e. The molecule has 0 N–H and O–H groups in total. The normalized spacial score (nSPS) is 15.8. The van der Waals surface area contributed by atoms with E-state index in [0.717, 1.165) is 46.2 Å². The molecule has 1 unspecified atom stereocenters. The van der Waals surface area contributed by atoms with E-state index < -0.39 is 9.73 Å². The molecule has 3 rings (SSSR count). The summed E-state index contributed by atoms with van der Waals surface area (Å²) in [4.78, 5) is 9.64. The zero-order valence-corrected chi connectivity index (χ0v) is 19.9. The van der Waals surface area contributed by atoms with Gasteiger partial charge in [-0.2, -0.15) is 0 Å². The lowest BCUT2D eigenvalue weighted by Gasteiger charge is -2.23. The van der Waals surface area contributed by atoms with Crippen molar-refractivity contribution in [2.45, 2.75) is 38.5 Å². The Kier molecular flexibility index (Phi) is 6.86. The van der Waals surface area contributed by atoms with Gasteiger partial charge in [0.25, 0.3) is 0 Å². The van der Waals surface area contributed by atoms with E-state index in [0.29, 0.717) is 5.92 Å². The second-order valence-electron chi connectivity index (χ2n) is 8.35. The summed E-state index contributed by atoms with van der Waals surface area (Å²) in [5.74, 6) is 0.650. The number of aryl methyl sites for hydroxylation is 2. The molecule has 0 spiro atoms. The minimum Gasteiger partial charge on any atom is -0.366 e. The highest BCUT2D eigenvalue weighted by Gasteiger charge is 2.21. The van der Waals surface area contributed by atoms with Crippen molar-refractivity contribution in [3.8, 4) is 0 Å². The monoisotopic (exact) mass is 426 g/mol. The summed E-state index contributed by atoms with van der Waals surface area (Å²) in [6, 6.07) is 12.3. The Morgan fingerprint density at radius 1 is 1.10 bits per heavy atom. The summed E-state index contributed by atoms with van der Waals surface area (Å²) < 4.78 is 17.4. The average Bonchev–Trinajstić information content (AvgIpc) is 3.56. The van der Waals surface area contributed by atoms with Crippen LogP contribution >= 0.6 is 0 Å². The van der Waals surface area contributed by atoms with Crippen molar-refractivity contribution in [3.05, 3.63) is 47.5 Å². The Hall–Kier alpha value is -2.34. The van der Waals surface area contributed by atoms with Crippen LogP contribution in [-0.4, -0.2) is 48.9 Å². The molecule has 2 aromatic rings. The van der Waals surface area contributed by atoms with Crippen molar-refractivity contribution in [2.75, 3.05) is 38.3 Å². The molecule has 0 aliphatic heterocycles. The van der Waals surface area contributed by atoms with Crippen molar-refractivity contribution in [1.82, 2.24) is 4.90 Å². The lowest BCUT2D eigenvalue weighted by molar-refractivity contribution is 0.552. The van der Waals surface area contributed by atoms with Crippen molar-refractivity contribution in [3.63, 3.8) is 0 Å². The molecule has 6 heteroatoms. The number of rotatable bonds is 8. The Morgan fingerprint density at radius 3 is 2.37 bits per heavy atom. The highest BCUT2D eigenvalue weighted by Crippen LogP contribution is 2.33. The van der Waals surface area contributed by atoms with Crippen LogP contribution in [0.3, 0.4) is 0 Å². The lowest BCUT2D eigenvalue weighted by Crippen LogP contribution is -2.14. The van der Waals surface area contributed by atoms with E-state index >= 15 is 0 Å². The van der Waals surface area contributed by atoms with E-state index in [2.05, 4.69) is 59.1 Å². The van der Waals surface area contributed by atoms with Crippen LogP contribution < -0.4 is 4.90 Å². The van der Waals surface area contributed by atoms with Crippen LogP contribution in [0.15, 0.2) is 50.6 Å². The Morgan fingerprint density at radius 2 is 1.77 bits per heavy atom. The van der Waals surface area contributed by atoms with Gasteiger partial charge < -0.3 is 9.80 Å². The fourth-order valence-electron chi connectivity index (χ4n) is 3.21. The van der Waals surface area contributed by atoms with Crippen molar-refractivity contribution < 1.29 is 4.21 Å². The van der Waals surface area contributed by atoms with E-state index in [9.17, 15) is 4.21 Å². The maximum Gasteiger partial charge on any atom is 0.0909 e. The van der Waals surface area contributed by atoms with Crippen LogP contribution in [-0.2, 0) is 9.73 Å². The number of nitrogens with zero attached hydrogens (tertiary/aromatic N) is 4. The molecular formula is C24H34N4OS. The zero-order valence-electron chi connectivity index (χ0n) is 19.1. The van der Waals surface area contributed by atoms with Gasteiger partial charge in [0.05, 0.1) is 28.3 Å². The maximum absolute atomic E-state index is 12.9. The topological polar surface area (TPSA) is 48.3 Å². The molecule has 1 fully saturated rings. The number of benzene rings is 2. The van der Waals surface area contributed by atoms with Gasteiger partial charge in [0.2, 0.25) is 0 Å². The van der Waals surface area contributed by atoms with E-state index in [1.807, 2.05) is 37.7 Å². The van der Waals surface area contributed by atoms with Gasteiger partial charge in [0, 0.05) is 43.2 Å². The minimum atomic E-state index is -2.32. The second kappa shape index (κ2) is 9.21. The SMILES string of the molecule is CCN(C)C=Nc1cc(C)c(N(C)c2ccc(S(C)(=O)=NCC3CC3)cc2)cc1C. The van der Waals surface area contributed by atoms with Crippen molar-refractivity contribution in [2.24, 2.45) is 15.3 Å². The molecule has 1 atom stereocenters. The molecule has 0 aromatic heterocycles. The zero-order chi connectivity index (χ0) is 21.9. The van der Waals surface area contributed by atoms with Gasteiger partial charge in [-0.25, -0.2) is 13.6 Å². The van der Waals surface area contributed by atoms with E-state index in [4.69, 9.17) is 0 Å². The van der Waals surface area contributed by atoms with E-state index in [1.165, 1.54) is 12.8 Å². The maximum atomic E-state index is 12.9. The molecule has 5 nitrogen and oxygen atoms in total. The summed E-state index contributed by atoms with van der Waals surface area (Å²) >= 11 is 0. The number of hydrogen-bond donors (Lipinski definition) is 0. The van der Waals surface area contributed by atoms with Crippen LogP contribution in [0.2, 0.25) is 0 Å². The standard InChI is InChI=1S/C24H34N4OS/c1-7-27(4)17-25-23-14-19(3)24(15-18(23)2)28(5)21-10-12-22(13-11-21)30(6,29)26-16-20-8-9-20/h10-15,17,20H,7-9,16H2,1-6H3. The summed E-state index contributed by atoms with van der Waals surface area (Å²) in [5.41, 5.74) is 5.48. The number of aliphatic imine (C=N–C) groups is 1.